The van der Waals surface area contributed by atoms with Crippen LogP contribution in [0.2, 0.25) is 0 Å². The minimum atomic E-state index is 0.0233. The van der Waals surface area contributed by atoms with Crippen LogP contribution < -0.4 is 11.5 Å². The van der Waals surface area contributed by atoms with Crippen molar-refractivity contribution >= 4 is 11.4 Å². The van der Waals surface area contributed by atoms with Crippen molar-refractivity contribution in [2.45, 2.75) is 69.1 Å². The number of hydrogen-bond acceptors (Lipinski definition) is 2. The molecule has 4 N–H and O–H groups in total. The van der Waals surface area contributed by atoms with Gasteiger partial charge in [0.25, 0.3) is 0 Å². The molecule has 0 aliphatic heterocycles. The highest BCUT2D eigenvalue weighted by atomic mass is 14.5. The van der Waals surface area contributed by atoms with Crippen LogP contribution in [0, 0.1) is 5.92 Å². The van der Waals surface area contributed by atoms with Crippen LogP contribution in [0.3, 0.4) is 0 Å². The molecule has 0 aromatic heterocycles. The third-order valence-electron chi connectivity index (χ3n) is 9.63. The van der Waals surface area contributed by atoms with Crippen molar-refractivity contribution in [3.05, 3.63) is 156 Å². The molecule has 0 amide bonds. The first-order chi connectivity index (χ1) is 20.5. The zero-order valence-corrected chi connectivity index (χ0v) is 25.1. The Morgan fingerprint density at radius 3 is 1.33 bits per heavy atom. The summed E-state index contributed by atoms with van der Waals surface area (Å²) in [5.41, 5.74) is 21.3. The summed E-state index contributed by atoms with van der Waals surface area (Å²) >= 11 is 0. The van der Waals surface area contributed by atoms with Gasteiger partial charge >= 0.3 is 0 Å². The second-order valence-corrected chi connectivity index (χ2v) is 12.2. The molecule has 1 aliphatic rings. The van der Waals surface area contributed by atoms with Gasteiger partial charge in [-0.2, -0.15) is 0 Å². The molecule has 4 aromatic rings. The number of anilines is 2. The first-order valence-corrected chi connectivity index (χ1v) is 15.6. The van der Waals surface area contributed by atoms with Crippen molar-refractivity contribution in [2.24, 2.45) is 5.92 Å². The molecular weight excluding hydrogens is 508 g/mol. The van der Waals surface area contributed by atoms with Gasteiger partial charge in [-0.05, 0) is 89.2 Å². The van der Waals surface area contributed by atoms with Crippen LogP contribution in [0.1, 0.15) is 97.1 Å². The highest BCUT2D eigenvalue weighted by Crippen LogP contribution is 2.48. The molecule has 1 aliphatic carbocycles. The van der Waals surface area contributed by atoms with E-state index in [2.05, 4.69) is 92.9 Å². The van der Waals surface area contributed by atoms with E-state index in [1.54, 1.807) is 0 Å². The summed E-state index contributed by atoms with van der Waals surface area (Å²) in [6.45, 7) is 10.6. The van der Waals surface area contributed by atoms with Crippen LogP contribution in [-0.4, -0.2) is 0 Å². The lowest BCUT2D eigenvalue weighted by Crippen LogP contribution is -2.33. The van der Waals surface area contributed by atoms with Gasteiger partial charge in [-0.25, -0.2) is 0 Å². The van der Waals surface area contributed by atoms with E-state index in [1.807, 2.05) is 36.4 Å². The standard InChI is InChI=1S/C40H46N2/c1-4-7-8-29-25-27-40(28-26-29,34-17-9-30(10-18-34)38(5-2)32-13-21-36(41)22-14-32)35-19-11-31(12-20-35)39(6-3)33-15-23-37(42)24-16-33/h5-6,9-24,29,38-39H,2-4,7-8,25-28,41-42H2,1H3. The van der Waals surface area contributed by atoms with Crippen LogP contribution in [0.25, 0.3) is 0 Å². The Morgan fingerprint density at radius 1 is 0.643 bits per heavy atom. The van der Waals surface area contributed by atoms with E-state index in [1.165, 1.54) is 78.3 Å². The van der Waals surface area contributed by atoms with Gasteiger partial charge in [0.1, 0.15) is 0 Å². The van der Waals surface area contributed by atoms with E-state index in [0.29, 0.717) is 0 Å². The summed E-state index contributed by atoms with van der Waals surface area (Å²) in [4.78, 5) is 0. The molecule has 42 heavy (non-hydrogen) atoms. The van der Waals surface area contributed by atoms with Crippen LogP contribution in [0.5, 0.6) is 0 Å². The smallest absolute Gasteiger partial charge is 0.0314 e. The second-order valence-electron chi connectivity index (χ2n) is 12.2. The lowest BCUT2D eigenvalue weighted by Gasteiger charge is -2.42. The fourth-order valence-electron chi connectivity index (χ4n) is 7.05. The molecule has 2 heteroatoms. The van der Waals surface area contributed by atoms with Gasteiger partial charge in [-0.3, -0.25) is 0 Å². The maximum Gasteiger partial charge on any atom is 0.0314 e. The first-order valence-electron chi connectivity index (χ1n) is 15.6. The zero-order valence-electron chi connectivity index (χ0n) is 25.1. The Hall–Kier alpha value is -4.04. The fraction of sp³-hybridized carbons (Fsp3) is 0.300. The number of benzene rings is 4. The van der Waals surface area contributed by atoms with Crippen molar-refractivity contribution in [1.82, 2.24) is 0 Å². The SMILES string of the molecule is C=CC(c1ccc(N)cc1)c1ccc(C2(c3ccc(C(C=C)c4ccc(N)cc4)cc3)CCC(CCCC)CC2)cc1. The summed E-state index contributed by atoms with van der Waals surface area (Å²) in [6, 6.07) is 35.1. The average molecular weight is 555 g/mol. The molecule has 2 nitrogen and oxygen atoms in total. The quantitative estimate of drug-likeness (QED) is 0.143. The average Bonchev–Trinajstić information content (AvgIpc) is 3.03. The number of rotatable bonds is 11. The van der Waals surface area contributed by atoms with Crippen molar-refractivity contribution in [3.8, 4) is 0 Å². The number of nitrogens with two attached hydrogens (primary N) is 2. The van der Waals surface area contributed by atoms with Gasteiger partial charge in [0, 0.05) is 28.6 Å². The summed E-state index contributed by atoms with van der Waals surface area (Å²) in [5, 5.41) is 0. The Kier molecular flexibility index (Phi) is 9.32. The Morgan fingerprint density at radius 2 is 1.00 bits per heavy atom. The predicted molar refractivity (Wildman–Crippen MR) is 181 cm³/mol. The van der Waals surface area contributed by atoms with Gasteiger partial charge in [0.2, 0.25) is 0 Å². The Labute approximate surface area is 253 Å². The number of hydrogen-bond donors (Lipinski definition) is 2. The van der Waals surface area contributed by atoms with Crippen LogP contribution in [0.15, 0.2) is 122 Å². The van der Waals surface area contributed by atoms with E-state index in [-0.39, 0.29) is 17.3 Å². The minimum Gasteiger partial charge on any atom is -0.399 e. The van der Waals surface area contributed by atoms with E-state index in [0.717, 1.165) is 17.3 Å². The van der Waals surface area contributed by atoms with E-state index in [4.69, 9.17) is 11.5 Å². The molecular formula is C40H46N2. The maximum absolute atomic E-state index is 5.95. The molecule has 1 saturated carbocycles. The third kappa shape index (κ3) is 6.23. The highest BCUT2D eigenvalue weighted by molar-refractivity contribution is 5.49. The molecule has 5 rings (SSSR count). The molecule has 4 aromatic carbocycles. The molecule has 0 bridgehead atoms. The van der Waals surface area contributed by atoms with Crippen molar-refractivity contribution < 1.29 is 0 Å². The van der Waals surface area contributed by atoms with Crippen LogP contribution >= 0.6 is 0 Å². The lowest BCUT2D eigenvalue weighted by molar-refractivity contribution is 0.251. The Balaban J connectivity index is 1.46. The van der Waals surface area contributed by atoms with Gasteiger partial charge in [-0.1, -0.05) is 111 Å². The summed E-state index contributed by atoms with van der Waals surface area (Å²) in [5.74, 6) is 1.12. The minimum absolute atomic E-state index is 0.0233. The summed E-state index contributed by atoms with van der Waals surface area (Å²) in [7, 11) is 0. The first kappa shape index (κ1) is 29.5. The van der Waals surface area contributed by atoms with Gasteiger partial charge in [0.15, 0.2) is 0 Å². The number of allylic oxidation sites excluding steroid dienone is 2. The van der Waals surface area contributed by atoms with E-state index >= 15 is 0 Å². The van der Waals surface area contributed by atoms with E-state index in [9.17, 15) is 0 Å². The van der Waals surface area contributed by atoms with Crippen LogP contribution in [0.4, 0.5) is 11.4 Å². The molecule has 2 atom stereocenters. The number of nitrogen functional groups attached to an aromatic ring is 2. The third-order valence-corrected chi connectivity index (χ3v) is 9.63. The molecule has 1 fully saturated rings. The largest absolute Gasteiger partial charge is 0.399 e. The molecule has 0 spiro atoms. The molecule has 216 valence electrons. The highest BCUT2D eigenvalue weighted by Gasteiger charge is 2.38. The molecule has 2 unspecified atom stereocenters. The summed E-state index contributed by atoms with van der Waals surface area (Å²) < 4.78 is 0. The Bertz CT molecular complexity index is 1340. The van der Waals surface area contributed by atoms with Crippen molar-refractivity contribution in [3.63, 3.8) is 0 Å². The summed E-state index contributed by atoms with van der Waals surface area (Å²) in [6.07, 6.45) is 13.0. The fourth-order valence-corrected chi connectivity index (χ4v) is 7.05. The molecule has 0 heterocycles. The van der Waals surface area contributed by atoms with Gasteiger partial charge in [-0.15, -0.1) is 13.2 Å². The van der Waals surface area contributed by atoms with E-state index < -0.39 is 0 Å². The number of unbranched alkanes of at least 4 members (excludes halogenated alkanes) is 1. The second kappa shape index (κ2) is 13.3. The normalized spacial score (nSPS) is 20.0. The monoisotopic (exact) mass is 554 g/mol. The zero-order chi connectivity index (χ0) is 29.5. The van der Waals surface area contributed by atoms with Crippen molar-refractivity contribution in [1.29, 1.82) is 0 Å². The lowest BCUT2D eigenvalue weighted by atomic mass is 9.62. The van der Waals surface area contributed by atoms with Crippen LogP contribution in [-0.2, 0) is 5.41 Å². The topological polar surface area (TPSA) is 52.0 Å². The van der Waals surface area contributed by atoms with Gasteiger partial charge in [0.05, 0.1) is 0 Å². The maximum atomic E-state index is 5.95. The predicted octanol–water partition coefficient (Wildman–Crippen LogP) is 10.2. The van der Waals surface area contributed by atoms with Gasteiger partial charge < -0.3 is 11.5 Å². The van der Waals surface area contributed by atoms with Crippen molar-refractivity contribution in [2.75, 3.05) is 11.5 Å². The molecule has 0 saturated heterocycles. The molecule has 0 radical (unpaired) electrons.